The van der Waals surface area contributed by atoms with Crippen LogP contribution in [0.15, 0.2) is 60.7 Å². The number of carbonyl (C=O) groups is 3. The molecule has 0 radical (unpaired) electrons. The standard InChI is InChI=1S/C19H16ClNO3/c20-17(19(24)14-9-5-2-6-10-14)18(13-7-3-1-4-8-13)21-15(22)11-12-16(21)23/h1-10,17-18H,11-12H2/t17-,18-/m1/s1. The third kappa shape index (κ3) is 3.10. The Morgan fingerprint density at radius 1 is 0.875 bits per heavy atom. The molecular weight excluding hydrogens is 326 g/mol. The maximum Gasteiger partial charge on any atom is 0.230 e. The van der Waals surface area contributed by atoms with E-state index in [0.29, 0.717) is 11.1 Å². The minimum atomic E-state index is -1.04. The van der Waals surface area contributed by atoms with Gasteiger partial charge in [0.1, 0.15) is 5.38 Å². The van der Waals surface area contributed by atoms with Crippen molar-refractivity contribution >= 4 is 29.2 Å². The number of benzene rings is 2. The fourth-order valence-corrected chi connectivity index (χ4v) is 3.29. The van der Waals surface area contributed by atoms with Crippen LogP contribution in [0.1, 0.15) is 34.8 Å². The molecule has 3 rings (SSSR count). The van der Waals surface area contributed by atoms with Gasteiger partial charge in [-0.05, 0) is 5.56 Å². The van der Waals surface area contributed by atoms with Crippen molar-refractivity contribution in [1.29, 1.82) is 0 Å². The smallest absolute Gasteiger partial charge is 0.230 e. The van der Waals surface area contributed by atoms with Crippen molar-refractivity contribution in [2.75, 3.05) is 0 Å². The van der Waals surface area contributed by atoms with Crippen molar-refractivity contribution in [2.24, 2.45) is 0 Å². The normalized spacial score (nSPS) is 17.0. The van der Waals surface area contributed by atoms with Gasteiger partial charge in [-0.3, -0.25) is 19.3 Å². The number of amides is 2. The van der Waals surface area contributed by atoms with Gasteiger partial charge in [0.05, 0.1) is 6.04 Å². The molecule has 122 valence electrons. The lowest BCUT2D eigenvalue weighted by molar-refractivity contribution is -0.141. The summed E-state index contributed by atoms with van der Waals surface area (Å²) in [5, 5.41) is -1.04. The van der Waals surface area contributed by atoms with E-state index in [4.69, 9.17) is 11.6 Å². The molecule has 1 aliphatic heterocycles. The highest BCUT2D eigenvalue weighted by molar-refractivity contribution is 6.34. The molecule has 0 spiro atoms. The fraction of sp³-hybridized carbons (Fsp3) is 0.211. The van der Waals surface area contributed by atoms with E-state index in [-0.39, 0.29) is 30.4 Å². The van der Waals surface area contributed by atoms with E-state index in [2.05, 4.69) is 0 Å². The largest absolute Gasteiger partial charge is 0.292 e. The number of rotatable bonds is 5. The third-order valence-corrected chi connectivity index (χ3v) is 4.53. The van der Waals surface area contributed by atoms with Crippen LogP contribution in [0.25, 0.3) is 0 Å². The van der Waals surface area contributed by atoms with Crippen LogP contribution < -0.4 is 0 Å². The van der Waals surface area contributed by atoms with Crippen LogP contribution in [0, 0.1) is 0 Å². The SMILES string of the molecule is O=C(c1ccccc1)[C@H](Cl)[C@@H](c1ccccc1)N1C(=O)CCC1=O. The highest BCUT2D eigenvalue weighted by atomic mass is 35.5. The molecule has 0 aliphatic carbocycles. The average Bonchev–Trinajstić information content (AvgIpc) is 2.95. The van der Waals surface area contributed by atoms with E-state index in [1.807, 2.05) is 12.1 Å². The number of nitrogens with zero attached hydrogens (tertiary/aromatic N) is 1. The number of hydrogen-bond donors (Lipinski definition) is 0. The van der Waals surface area contributed by atoms with Crippen molar-refractivity contribution in [3.05, 3.63) is 71.8 Å². The number of imide groups is 1. The lowest BCUT2D eigenvalue weighted by atomic mass is 9.96. The molecule has 5 heteroatoms. The van der Waals surface area contributed by atoms with Crippen molar-refractivity contribution in [3.8, 4) is 0 Å². The van der Waals surface area contributed by atoms with Gasteiger partial charge in [-0.1, -0.05) is 60.7 Å². The zero-order valence-corrected chi connectivity index (χ0v) is 13.6. The Hall–Kier alpha value is -2.46. The number of halogens is 1. The molecule has 1 saturated heterocycles. The molecule has 1 fully saturated rings. The van der Waals surface area contributed by atoms with Gasteiger partial charge in [0, 0.05) is 18.4 Å². The number of Topliss-reactive ketones (excluding diaryl/α,β-unsaturated/α-hetero) is 1. The van der Waals surface area contributed by atoms with Gasteiger partial charge in [0.2, 0.25) is 11.8 Å². The number of alkyl halides is 1. The number of hydrogen-bond acceptors (Lipinski definition) is 3. The number of ketones is 1. The Balaban J connectivity index is 2.00. The van der Waals surface area contributed by atoms with Crippen LogP contribution in [0.3, 0.4) is 0 Å². The first kappa shape index (κ1) is 16.4. The monoisotopic (exact) mass is 341 g/mol. The van der Waals surface area contributed by atoms with E-state index in [0.717, 1.165) is 4.90 Å². The van der Waals surface area contributed by atoms with Gasteiger partial charge < -0.3 is 0 Å². The van der Waals surface area contributed by atoms with E-state index >= 15 is 0 Å². The van der Waals surface area contributed by atoms with E-state index in [1.165, 1.54) is 0 Å². The maximum atomic E-state index is 12.7. The molecule has 4 nitrogen and oxygen atoms in total. The van der Waals surface area contributed by atoms with Crippen molar-refractivity contribution in [2.45, 2.75) is 24.3 Å². The van der Waals surface area contributed by atoms with Gasteiger partial charge in [-0.25, -0.2) is 0 Å². The lowest BCUT2D eigenvalue weighted by Gasteiger charge is -2.29. The topological polar surface area (TPSA) is 54.5 Å². The van der Waals surface area contributed by atoms with E-state index in [1.54, 1.807) is 48.5 Å². The molecule has 0 saturated carbocycles. The average molecular weight is 342 g/mol. The predicted octanol–water partition coefficient (Wildman–Crippen LogP) is 3.37. The summed E-state index contributed by atoms with van der Waals surface area (Å²) in [6, 6.07) is 16.8. The molecule has 2 aromatic carbocycles. The Bertz CT molecular complexity index is 745. The molecular formula is C19H16ClNO3. The molecule has 0 aromatic heterocycles. The fourth-order valence-electron chi connectivity index (χ4n) is 2.91. The summed E-state index contributed by atoms with van der Waals surface area (Å²) < 4.78 is 0. The third-order valence-electron chi connectivity index (χ3n) is 4.10. The van der Waals surface area contributed by atoms with Crippen LogP contribution in [-0.4, -0.2) is 27.9 Å². The summed E-state index contributed by atoms with van der Waals surface area (Å²) in [5.74, 6) is -0.889. The van der Waals surface area contributed by atoms with Crippen molar-refractivity contribution < 1.29 is 14.4 Å². The summed E-state index contributed by atoms with van der Waals surface area (Å²) in [4.78, 5) is 38.3. The molecule has 1 aliphatic rings. The summed E-state index contributed by atoms with van der Waals surface area (Å²) in [6.07, 6.45) is 0.316. The number of carbonyl (C=O) groups excluding carboxylic acids is 3. The zero-order valence-electron chi connectivity index (χ0n) is 12.9. The molecule has 2 atom stereocenters. The molecule has 2 aromatic rings. The van der Waals surface area contributed by atoms with Gasteiger partial charge in [-0.15, -0.1) is 11.6 Å². The molecule has 0 unspecified atom stereocenters. The van der Waals surface area contributed by atoms with Crippen LogP contribution >= 0.6 is 11.6 Å². The maximum absolute atomic E-state index is 12.7. The zero-order chi connectivity index (χ0) is 17.1. The first-order valence-corrected chi connectivity index (χ1v) is 8.16. The van der Waals surface area contributed by atoms with Crippen LogP contribution in [-0.2, 0) is 9.59 Å². The lowest BCUT2D eigenvalue weighted by Crippen LogP contribution is -2.41. The summed E-state index contributed by atoms with van der Waals surface area (Å²) in [5.41, 5.74) is 1.13. The Kier molecular flexibility index (Phi) is 4.76. The second-order valence-electron chi connectivity index (χ2n) is 5.65. The Morgan fingerprint density at radius 2 is 1.38 bits per heavy atom. The quantitative estimate of drug-likeness (QED) is 0.476. The van der Waals surface area contributed by atoms with E-state index in [9.17, 15) is 14.4 Å². The number of likely N-dealkylation sites (tertiary alicyclic amines) is 1. The predicted molar refractivity (Wildman–Crippen MR) is 90.7 cm³/mol. The van der Waals surface area contributed by atoms with Gasteiger partial charge in [-0.2, -0.15) is 0 Å². The van der Waals surface area contributed by atoms with Crippen LogP contribution in [0.4, 0.5) is 0 Å². The van der Waals surface area contributed by atoms with Gasteiger partial charge >= 0.3 is 0 Å². The van der Waals surface area contributed by atoms with E-state index < -0.39 is 11.4 Å². The van der Waals surface area contributed by atoms with Gasteiger partial charge in [0.25, 0.3) is 0 Å². The minimum Gasteiger partial charge on any atom is -0.292 e. The molecule has 0 bridgehead atoms. The summed E-state index contributed by atoms with van der Waals surface area (Å²) in [7, 11) is 0. The first-order chi connectivity index (χ1) is 11.6. The second-order valence-corrected chi connectivity index (χ2v) is 6.12. The van der Waals surface area contributed by atoms with Crippen molar-refractivity contribution in [1.82, 2.24) is 4.90 Å². The molecule has 1 heterocycles. The second kappa shape index (κ2) is 6.97. The van der Waals surface area contributed by atoms with Crippen LogP contribution in [0.2, 0.25) is 0 Å². The summed E-state index contributed by atoms with van der Waals surface area (Å²) >= 11 is 6.48. The first-order valence-electron chi connectivity index (χ1n) is 7.73. The van der Waals surface area contributed by atoms with Gasteiger partial charge in [0.15, 0.2) is 5.78 Å². The van der Waals surface area contributed by atoms with Crippen molar-refractivity contribution in [3.63, 3.8) is 0 Å². The Morgan fingerprint density at radius 3 is 1.92 bits per heavy atom. The van der Waals surface area contributed by atoms with Crippen LogP contribution in [0.5, 0.6) is 0 Å². The highest BCUT2D eigenvalue weighted by Gasteiger charge is 2.41. The minimum absolute atomic E-state index is 0.158. The summed E-state index contributed by atoms with van der Waals surface area (Å²) in [6.45, 7) is 0. The molecule has 24 heavy (non-hydrogen) atoms. The molecule has 2 amide bonds. The highest BCUT2D eigenvalue weighted by Crippen LogP contribution is 2.34. The molecule has 0 N–H and O–H groups in total. The Labute approximate surface area is 145 Å².